The number of aromatic nitrogens is 1. The number of amides is 1. The molecule has 0 spiro atoms. The van der Waals surface area contributed by atoms with E-state index in [-0.39, 0.29) is 12.5 Å². The molecule has 1 aliphatic heterocycles. The van der Waals surface area contributed by atoms with Gasteiger partial charge < -0.3 is 24.2 Å². The van der Waals surface area contributed by atoms with E-state index in [0.29, 0.717) is 35.2 Å². The Bertz CT molecular complexity index is 1040. The summed E-state index contributed by atoms with van der Waals surface area (Å²) in [6, 6.07) is 15.0. The first-order valence-electron chi connectivity index (χ1n) is 9.96. The molecule has 4 rings (SSSR count). The second-order valence-electron chi connectivity index (χ2n) is 7.18. The van der Waals surface area contributed by atoms with Gasteiger partial charge in [-0.05, 0) is 12.1 Å². The van der Waals surface area contributed by atoms with Crippen molar-refractivity contribution in [3.63, 3.8) is 0 Å². The minimum absolute atomic E-state index is 0.171. The average molecular weight is 441 g/mol. The highest BCUT2D eigenvalue weighted by Gasteiger charge is 2.33. The van der Waals surface area contributed by atoms with Crippen molar-refractivity contribution in [2.45, 2.75) is 18.6 Å². The normalized spacial score (nSPS) is 18.5. The summed E-state index contributed by atoms with van der Waals surface area (Å²) in [5.41, 5.74) is 1.75. The maximum absolute atomic E-state index is 12.9. The molecule has 7 nitrogen and oxygen atoms in total. The van der Waals surface area contributed by atoms with E-state index in [1.54, 1.807) is 37.3 Å². The predicted octanol–water partition coefficient (Wildman–Crippen LogP) is 3.48. The van der Waals surface area contributed by atoms with Crippen molar-refractivity contribution in [2.24, 2.45) is 0 Å². The number of β-amino-alcohol motifs (C(OH)–C–C–N with tert-alkyl or cyclic N) is 1. The summed E-state index contributed by atoms with van der Waals surface area (Å²) in [6.45, 7) is 0.672. The number of rotatable bonds is 6. The van der Waals surface area contributed by atoms with Crippen LogP contribution in [0.25, 0.3) is 11.3 Å². The highest BCUT2D eigenvalue weighted by molar-refractivity contribution is 7.12. The van der Waals surface area contributed by atoms with Crippen molar-refractivity contribution in [3.05, 3.63) is 58.9 Å². The number of aliphatic hydroxyl groups excluding tert-OH is 1. The predicted molar refractivity (Wildman–Crippen MR) is 118 cm³/mol. The lowest BCUT2D eigenvalue weighted by atomic mass is 10.0. The van der Waals surface area contributed by atoms with Crippen molar-refractivity contribution < 1.29 is 24.1 Å². The molecule has 0 bridgehead atoms. The lowest BCUT2D eigenvalue weighted by molar-refractivity contribution is -0.0199. The fraction of sp³-hybridized carbons (Fsp3) is 0.304. The number of hydrogen-bond acceptors (Lipinski definition) is 7. The highest BCUT2D eigenvalue weighted by atomic mass is 32.1. The van der Waals surface area contributed by atoms with Gasteiger partial charge in [0.1, 0.15) is 18.0 Å². The van der Waals surface area contributed by atoms with Gasteiger partial charge in [-0.2, -0.15) is 0 Å². The summed E-state index contributed by atoms with van der Waals surface area (Å²) in [5.74, 6) is 1.57. The Hall–Kier alpha value is -3.10. The second-order valence-corrected chi connectivity index (χ2v) is 8.04. The first-order chi connectivity index (χ1) is 15.1. The topological polar surface area (TPSA) is 81.1 Å². The lowest BCUT2D eigenvalue weighted by Gasteiger charge is -2.35. The molecule has 3 aromatic rings. The summed E-state index contributed by atoms with van der Waals surface area (Å²) in [4.78, 5) is 19.0. The minimum atomic E-state index is -0.806. The van der Waals surface area contributed by atoms with E-state index in [1.165, 1.54) is 11.3 Å². The molecule has 2 heterocycles. The Morgan fingerprint density at radius 1 is 1.13 bits per heavy atom. The third kappa shape index (κ3) is 4.65. The molecule has 0 unspecified atom stereocenters. The van der Waals surface area contributed by atoms with Crippen molar-refractivity contribution in [1.82, 2.24) is 9.88 Å². The second kappa shape index (κ2) is 9.36. The fourth-order valence-corrected chi connectivity index (χ4v) is 4.34. The Morgan fingerprint density at radius 2 is 1.90 bits per heavy atom. The van der Waals surface area contributed by atoms with Crippen LogP contribution in [0.1, 0.15) is 16.2 Å². The zero-order valence-electron chi connectivity index (χ0n) is 17.4. The van der Waals surface area contributed by atoms with E-state index in [9.17, 15) is 9.90 Å². The first kappa shape index (κ1) is 21.1. The van der Waals surface area contributed by atoms with E-state index in [2.05, 4.69) is 4.98 Å². The molecule has 2 atom stereocenters. The molecule has 8 heteroatoms. The monoisotopic (exact) mass is 440 g/mol. The number of ether oxygens (including phenoxy) is 3. The minimum Gasteiger partial charge on any atom is -0.493 e. The molecule has 162 valence electrons. The third-order valence-corrected chi connectivity index (χ3v) is 6.04. The summed E-state index contributed by atoms with van der Waals surface area (Å²) in [6.07, 6.45) is -0.712. The number of hydrogen-bond donors (Lipinski definition) is 1. The fourth-order valence-electron chi connectivity index (χ4n) is 3.55. The maximum Gasteiger partial charge on any atom is 0.282 e. The van der Waals surface area contributed by atoms with Crippen molar-refractivity contribution in [1.29, 1.82) is 0 Å². The summed E-state index contributed by atoms with van der Waals surface area (Å²) in [7, 11) is 3.13. The number of aliphatic hydroxyl groups is 1. The average Bonchev–Trinajstić information content (AvgIpc) is 3.30. The van der Waals surface area contributed by atoms with Crippen molar-refractivity contribution in [3.8, 4) is 28.5 Å². The van der Waals surface area contributed by atoms with Crippen LogP contribution in [0.3, 0.4) is 0 Å². The molecule has 0 saturated carbocycles. The van der Waals surface area contributed by atoms with Gasteiger partial charge >= 0.3 is 0 Å². The third-order valence-electron chi connectivity index (χ3n) is 5.21. The van der Waals surface area contributed by atoms with Gasteiger partial charge in [0, 0.05) is 30.0 Å². The molecule has 0 radical (unpaired) electrons. The molecule has 2 aromatic carbocycles. The van der Waals surface area contributed by atoms with Gasteiger partial charge in [0.15, 0.2) is 16.5 Å². The number of methoxy groups -OCH3 is 2. The van der Waals surface area contributed by atoms with Crippen LogP contribution in [0, 0.1) is 0 Å². The van der Waals surface area contributed by atoms with Crippen LogP contribution in [0.4, 0.5) is 0 Å². The maximum atomic E-state index is 12.9. The van der Waals surface area contributed by atoms with Crippen LogP contribution in [0.2, 0.25) is 0 Å². The van der Waals surface area contributed by atoms with Crippen molar-refractivity contribution in [2.75, 3.05) is 27.3 Å². The number of thiazole rings is 1. The zero-order chi connectivity index (χ0) is 21.8. The van der Waals surface area contributed by atoms with Gasteiger partial charge in [0.25, 0.3) is 5.91 Å². The number of carbonyl (C=O) groups is 1. The van der Waals surface area contributed by atoms with E-state index >= 15 is 0 Å². The molecular formula is C23H24N2O5S. The summed E-state index contributed by atoms with van der Waals surface area (Å²) >= 11 is 1.32. The molecule has 1 fully saturated rings. The largest absolute Gasteiger partial charge is 0.493 e. The van der Waals surface area contributed by atoms with E-state index in [4.69, 9.17) is 14.2 Å². The molecule has 1 N–H and O–H groups in total. The molecule has 1 saturated heterocycles. The molecule has 1 aliphatic rings. The Morgan fingerprint density at radius 3 is 2.61 bits per heavy atom. The van der Waals surface area contributed by atoms with E-state index < -0.39 is 12.2 Å². The lowest BCUT2D eigenvalue weighted by Crippen LogP contribution is -2.51. The first-order valence-corrected chi connectivity index (χ1v) is 10.8. The van der Waals surface area contributed by atoms with Crippen LogP contribution in [-0.4, -0.2) is 60.4 Å². The van der Waals surface area contributed by atoms with Gasteiger partial charge in [0.05, 0.1) is 26.5 Å². The number of likely N-dealkylation sites (tertiary alicyclic amines) is 1. The summed E-state index contributed by atoms with van der Waals surface area (Å²) < 4.78 is 16.5. The van der Waals surface area contributed by atoms with Gasteiger partial charge in [-0.25, -0.2) is 4.98 Å². The Labute approximate surface area is 184 Å². The molecule has 0 aliphatic carbocycles. The number of carbonyl (C=O) groups excluding carboxylic acids is 1. The van der Waals surface area contributed by atoms with E-state index in [1.807, 2.05) is 35.7 Å². The van der Waals surface area contributed by atoms with E-state index in [0.717, 1.165) is 11.3 Å². The highest BCUT2D eigenvalue weighted by Crippen LogP contribution is 2.32. The van der Waals surface area contributed by atoms with Crippen LogP contribution >= 0.6 is 11.3 Å². The Kier molecular flexibility index (Phi) is 6.39. The van der Waals surface area contributed by atoms with Gasteiger partial charge in [0.2, 0.25) is 0 Å². The molecular weight excluding hydrogens is 416 g/mol. The van der Waals surface area contributed by atoms with Crippen molar-refractivity contribution >= 4 is 17.2 Å². The number of piperidine rings is 1. The number of nitrogens with zero attached hydrogens (tertiary/aromatic N) is 2. The molecule has 1 amide bonds. The van der Waals surface area contributed by atoms with Crippen LogP contribution in [0.15, 0.2) is 53.9 Å². The quantitative estimate of drug-likeness (QED) is 0.632. The SMILES string of the molecule is COc1ccc(O[C@@H]2CCN(C(=O)c3nc(-c4ccccc4)cs3)C[C@H]2O)cc1OC. The van der Waals surface area contributed by atoms with Gasteiger partial charge in [-0.1, -0.05) is 30.3 Å². The zero-order valence-corrected chi connectivity index (χ0v) is 18.2. The summed E-state index contributed by atoms with van der Waals surface area (Å²) in [5, 5.41) is 12.9. The van der Waals surface area contributed by atoms with Crippen LogP contribution in [0.5, 0.6) is 17.2 Å². The van der Waals surface area contributed by atoms with Gasteiger partial charge in [-0.3, -0.25) is 4.79 Å². The molecule has 1 aromatic heterocycles. The van der Waals surface area contributed by atoms with Gasteiger partial charge in [-0.15, -0.1) is 11.3 Å². The van der Waals surface area contributed by atoms with Crippen LogP contribution in [-0.2, 0) is 0 Å². The smallest absolute Gasteiger partial charge is 0.282 e. The number of benzene rings is 2. The standard InChI is InChI=1S/C23H24N2O5S/c1-28-20-9-8-16(12-21(20)29-2)30-19-10-11-25(13-18(19)26)23(27)22-24-17(14-31-22)15-6-4-3-5-7-15/h3-9,12,14,18-19,26H,10-11,13H2,1-2H3/t18-,19-/m1/s1. The van der Waals surface area contributed by atoms with Crippen LogP contribution < -0.4 is 14.2 Å². The molecule has 31 heavy (non-hydrogen) atoms. The Balaban J connectivity index is 1.39.